The minimum Gasteiger partial charge on any atom is -0.381 e. The highest BCUT2D eigenvalue weighted by molar-refractivity contribution is 5.00. The van der Waals surface area contributed by atoms with Gasteiger partial charge in [-0.25, -0.2) is 0 Å². The number of methoxy groups -OCH3 is 1. The summed E-state index contributed by atoms with van der Waals surface area (Å²) in [7, 11) is 1.84. The quantitative estimate of drug-likeness (QED) is 0.731. The zero-order valence-electron chi connectivity index (χ0n) is 9.67. The van der Waals surface area contributed by atoms with Crippen LogP contribution in [0.4, 0.5) is 0 Å². The van der Waals surface area contributed by atoms with E-state index in [9.17, 15) is 0 Å². The second-order valence-corrected chi connectivity index (χ2v) is 5.63. The van der Waals surface area contributed by atoms with E-state index in [-0.39, 0.29) is 0 Å². The van der Waals surface area contributed by atoms with Crippen molar-refractivity contribution < 1.29 is 4.74 Å². The molecule has 15 heavy (non-hydrogen) atoms. The number of ether oxygens (including phenoxy) is 1. The van der Waals surface area contributed by atoms with Crippen molar-refractivity contribution >= 4 is 0 Å². The standard InChI is InChI=1S/C12H22N2O/c1-15-11-6-10(7-11)14-5-3-12(9-14)2-4-13-8-12/h10-11,13H,2-9H2,1H3. The van der Waals surface area contributed by atoms with E-state index in [0.29, 0.717) is 11.5 Å². The number of hydrogen-bond acceptors (Lipinski definition) is 3. The normalized spacial score (nSPS) is 46.2. The molecule has 0 amide bonds. The van der Waals surface area contributed by atoms with E-state index in [1.54, 1.807) is 0 Å². The highest BCUT2D eigenvalue weighted by atomic mass is 16.5. The van der Waals surface area contributed by atoms with Gasteiger partial charge in [0.1, 0.15) is 0 Å². The second kappa shape index (κ2) is 3.72. The third kappa shape index (κ3) is 1.71. The van der Waals surface area contributed by atoms with Crippen LogP contribution in [0.3, 0.4) is 0 Å². The molecule has 1 spiro atoms. The SMILES string of the molecule is COC1CC(N2CCC3(CCNC3)C2)C1. The molecule has 1 unspecified atom stereocenters. The first-order valence-corrected chi connectivity index (χ1v) is 6.29. The first kappa shape index (κ1) is 10.1. The van der Waals surface area contributed by atoms with Gasteiger partial charge in [-0.15, -0.1) is 0 Å². The van der Waals surface area contributed by atoms with Crippen molar-refractivity contribution in [1.82, 2.24) is 10.2 Å². The molecule has 2 aliphatic heterocycles. The Morgan fingerprint density at radius 2 is 2.20 bits per heavy atom. The summed E-state index contributed by atoms with van der Waals surface area (Å²) in [5.41, 5.74) is 0.637. The van der Waals surface area contributed by atoms with Crippen molar-refractivity contribution in [3.8, 4) is 0 Å². The summed E-state index contributed by atoms with van der Waals surface area (Å²) in [4.78, 5) is 2.71. The van der Waals surface area contributed by atoms with Gasteiger partial charge in [-0.3, -0.25) is 4.90 Å². The fourth-order valence-corrected chi connectivity index (χ4v) is 3.45. The minimum absolute atomic E-state index is 0.549. The van der Waals surface area contributed by atoms with Crippen LogP contribution in [0.2, 0.25) is 0 Å². The third-order valence-electron chi connectivity index (χ3n) is 4.72. The lowest BCUT2D eigenvalue weighted by Gasteiger charge is -2.41. The molecule has 86 valence electrons. The topological polar surface area (TPSA) is 24.5 Å². The molecule has 0 aromatic rings. The number of rotatable bonds is 2. The second-order valence-electron chi connectivity index (χ2n) is 5.63. The van der Waals surface area contributed by atoms with Crippen LogP contribution >= 0.6 is 0 Å². The average Bonchev–Trinajstić information content (AvgIpc) is 2.77. The van der Waals surface area contributed by atoms with Crippen molar-refractivity contribution in [2.45, 2.75) is 37.8 Å². The van der Waals surface area contributed by atoms with Crippen LogP contribution in [0.25, 0.3) is 0 Å². The predicted molar refractivity (Wildman–Crippen MR) is 59.9 cm³/mol. The van der Waals surface area contributed by atoms with Crippen LogP contribution in [0.5, 0.6) is 0 Å². The summed E-state index contributed by atoms with van der Waals surface area (Å²) >= 11 is 0. The van der Waals surface area contributed by atoms with Gasteiger partial charge in [0.25, 0.3) is 0 Å². The van der Waals surface area contributed by atoms with Crippen LogP contribution in [-0.4, -0.2) is 50.3 Å². The molecule has 1 atom stereocenters. The number of hydrogen-bond donors (Lipinski definition) is 1. The lowest BCUT2D eigenvalue weighted by molar-refractivity contribution is -0.0228. The van der Waals surface area contributed by atoms with Gasteiger partial charge in [0.05, 0.1) is 6.10 Å². The first-order chi connectivity index (χ1) is 7.31. The fraction of sp³-hybridized carbons (Fsp3) is 1.00. The summed E-state index contributed by atoms with van der Waals surface area (Å²) in [6.45, 7) is 5.15. The van der Waals surface area contributed by atoms with Gasteiger partial charge in [0.2, 0.25) is 0 Å². The van der Waals surface area contributed by atoms with Gasteiger partial charge in [-0.1, -0.05) is 0 Å². The third-order valence-corrected chi connectivity index (χ3v) is 4.72. The van der Waals surface area contributed by atoms with E-state index in [0.717, 1.165) is 6.04 Å². The smallest absolute Gasteiger partial charge is 0.0601 e. The molecule has 1 aliphatic carbocycles. The first-order valence-electron chi connectivity index (χ1n) is 6.29. The number of nitrogens with one attached hydrogen (secondary N) is 1. The maximum Gasteiger partial charge on any atom is 0.0601 e. The van der Waals surface area contributed by atoms with Crippen molar-refractivity contribution in [2.24, 2.45) is 5.41 Å². The summed E-state index contributed by atoms with van der Waals surface area (Å²) < 4.78 is 5.35. The summed E-state index contributed by atoms with van der Waals surface area (Å²) in [5.74, 6) is 0. The average molecular weight is 210 g/mol. The summed E-state index contributed by atoms with van der Waals surface area (Å²) in [6.07, 6.45) is 5.88. The zero-order valence-corrected chi connectivity index (χ0v) is 9.67. The van der Waals surface area contributed by atoms with Gasteiger partial charge in [-0.05, 0) is 44.2 Å². The number of likely N-dealkylation sites (tertiary alicyclic amines) is 1. The molecular weight excluding hydrogens is 188 g/mol. The van der Waals surface area contributed by atoms with Crippen LogP contribution in [-0.2, 0) is 4.74 Å². The van der Waals surface area contributed by atoms with E-state index < -0.39 is 0 Å². The molecule has 0 radical (unpaired) electrons. The Kier molecular flexibility index (Phi) is 2.49. The lowest BCUT2D eigenvalue weighted by Crippen LogP contribution is -2.47. The molecular formula is C12H22N2O. The highest BCUT2D eigenvalue weighted by Crippen LogP contribution is 2.40. The largest absolute Gasteiger partial charge is 0.381 e. The maximum absolute atomic E-state index is 5.35. The molecule has 3 rings (SSSR count). The van der Waals surface area contributed by atoms with Gasteiger partial charge < -0.3 is 10.1 Å². The highest BCUT2D eigenvalue weighted by Gasteiger charge is 2.44. The zero-order chi connectivity index (χ0) is 10.3. The molecule has 3 nitrogen and oxygen atoms in total. The number of nitrogens with zero attached hydrogens (tertiary/aromatic N) is 1. The van der Waals surface area contributed by atoms with Crippen LogP contribution in [0.15, 0.2) is 0 Å². The molecule has 0 bridgehead atoms. The molecule has 0 aromatic heterocycles. The Morgan fingerprint density at radius 3 is 2.87 bits per heavy atom. The lowest BCUT2D eigenvalue weighted by atomic mass is 9.85. The molecule has 0 aromatic carbocycles. The Labute approximate surface area is 92.2 Å². The van der Waals surface area contributed by atoms with Crippen molar-refractivity contribution in [3.05, 3.63) is 0 Å². The van der Waals surface area contributed by atoms with E-state index in [2.05, 4.69) is 10.2 Å². The molecule has 2 heterocycles. The van der Waals surface area contributed by atoms with E-state index in [1.165, 1.54) is 51.9 Å². The van der Waals surface area contributed by atoms with E-state index in [1.807, 2.05) is 7.11 Å². The molecule has 2 saturated heterocycles. The van der Waals surface area contributed by atoms with E-state index in [4.69, 9.17) is 4.74 Å². The van der Waals surface area contributed by atoms with Crippen LogP contribution in [0.1, 0.15) is 25.7 Å². The van der Waals surface area contributed by atoms with Crippen LogP contribution < -0.4 is 5.32 Å². The van der Waals surface area contributed by atoms with Gasteiger partial charge in [-0.2, -0.15) is 0 Å². The van der Waals surface area contributed by atoms with Crippen LogP contribution in [0, 0.1) is 5.41 Å². The molecule has 1 saturated carbocycles. The van der Waals surface area contributed by atoms with Gasteiger partial charge >= 0.3 is 0 Å². The Bertz CT molecular complexity index is 232. The minimum atomic E-state index is 0.549. The monoisotopic (exact) mass is 210 g/mol. The Hall–Kier alpha value is -0.120. The maximum atomic E-state index is 5.35. The fourth-order valence-electron chi connectivity index (χ4n) is 3.45. The molecule has 3 heteroatoms. The van der Waals surface area contributed by atoms with E-state index >= 15 is 0 Å². The summed E-state index contributed by atoms with van der Waals surface area (Å²) in [6, 6.07) is 0.829. The van der Waals surface area contributed by atoms with Gasteiger partial charge in [0.15, 0.2) is 0 Å². The van der Waals surface area contributed by atoms with Crippen molar-refractivity contribution in [2.75, 3.05) is 33.3 Å². The molecule has 1 N–H and O–H groups in total. The Balaban J connectivity index is 1.53. The van der Waals surface area contributed by atoms with Crippen molar-refractivity contribution in [1.29, 1.82) is 0 Å². The Morgan fingerprint density at radius 1 is 1.33 bits per heavy atom. The molecule has 3 fully saturated rings. The predicted octanol–water partition coefficient (Wildman–Crippen LogP) is 0.849. The van der Waals surface area contributed by atoms with Crippen molar-refractivity contribution in [3.63, 3.8) is 0 Å². The summed E-state index contributed by atoms with van der Waals surface area (Å²) in [5, 5.41) is 3.52. The molecule has 3 aliphatic rings. The van der Waals surface area contributed by atoms with Gasteiger partial charge in [0, 0.05) is 26.2 Å².